The fraction of sp³-hybridized carbons (Fsp3) is 0.444. The van der Waals surface area contributed by atoms with E-state index in [2.05, 4.69) is 20.4 Å². The van der Waals surface area contributed by atoms with Crippen LogP contribution in [-0.2, 0) is 11.3 Å². The fourth-order valence-corrected chi connectivity index (χ4v) is 1.67. The molecule has 0 amide bonds. The second kappa shape index (κ2) is 5.69. The van der Waals surface area contributed by atoms with Crippen molar-refractivity contribution in [3.8, 4) is 10.7 Å². The predicted molar refractivity (Wildman–Crippen MR) is 59.0 cm³/mol. The van der Waals surface area contributed by atoms with E-state index in [-0.39, 0.29) is 0 Å². The van der Waals surface area contributed by atoms with Crippen LogP contribution in [-0.4, -0.2) is 35.4 Å². The minimum Gasteiger partial charge on any atom is -0.383 e. The molecular weight excluding hydrogens is 228 g/mol. The van der Waals surface area contributed by atoms with E-state index in [4.69, 9.17) is 9.26 Å². The van der Waals surface area contributed by atoms with Crippen LogP contribution >= 0.6 is 11.3 Å². The molecule has 16 heavy (non-hydrogen) atoms. The highest BCUT2D eigenvalue weighted by Crippen LogP contribution is 2.19. The Morgan fingerprint density at radius 1 is 1.56 bits per heavy atom. The Balaban J connectivity index is 1.88. The van der Waals surface area contributed by atoms with Crippen molar-refractivity contribution in [3.63, 3.8) is 0 Å². The van der Waals surface area contributed by atoms with Gasteiger partial charge in [-0.1, -0.05) is 5.16 Å². The average molecular weight is 240 g/mol. The fourth-order valence-electron chi connectivity index (χ4n) is 1.12. The molecule has 0 saturated carbocycles. The van der Waals surface area contributed by atoms with Crippen LogP contribution in [0, 0.1) is 0 Å². The van der Waals surface area contributed by atoms with Crippen LogP contribution in [0.4, 0.5) is 0 Å². The Morgan fingerprint density at radius 3 is 3.25 bits per heavy atom. The van der Waals surface area contributed by atoms with Crippen molar-refractivity contribution < 1.29 is 9.26 Å². The summed E-state index contributed by atoms with van der Waals surface area (Å²) in [6.45, 7) is 1.97. The molecule has 7 heteroatoms. The van der Waals surface area contributed by atoms with E-state index in [1.165, 1.54) is 11.3 Å². The maximum Gasteiger partial charge on any atom is 0.240 e. The second-order valence-electron chi connectivity index (χ2n) is 3.05. The van der Waals surface area contributed by atoms with Gasteiger partial charge in [0.1, 0.15) is 0 Å². The van der Waals surface area contributed by atoms with Crippen molar-refractivity contribution in [2.24, 2.45) is 0 Å². The van der Waals surface area contributed by atoms with E-state index in [0.29, 0.717) is 24.9 Å². The molecule has 6 nitrogen and oxygen atoms in total. The number of ether oxygens (including phenoxy) is 1. The van der Waals surface area contributed by atoms with Crippen LogP contribution in [0.5, 0.6) is 0 Å². The summed E-state index contributed by atoms with van der Waals surface area (Å²) in [6.07, 6.45) is 1.72. The zero-order valence-electron chi connectivity index (χ0n) is 8.84. The first-order valence-corrected chi connectivity index (χ1v) is 5.69. The third kappa shape index (κ3) is 2.84. The SMILES string of the molecule is COCCNCc1nc(-c2cncs2)no1. The maximum atomic E-state index is 5.08. The highest BCUT2D eigenvalue weighted by molar-refractivity contribution is 7.13. The van der Waals surface area contributed by atoms with Gasteiger partial charge in [-0.2, -0.15) is 4.98 Å². The zero-order valence-corrected chi connectivity index (χ0v) is 9.66. The highest BCUT2D eigenvalue weighted by atomic mass is 32.1. The van der Waals surface area contributed by atoms with E-state index in [1.54, 1.807) is 18.8 Å². The van der Waals surface area contributed by atoms with Crippen molar-refractivity contribution in [1.29, 1.82) is 0 Å². The van der Waals surface area contributed by atoms with Gasteiger partial charge in [-0.3, -0.25) is 4.98 Å². The van der Waals surface area contributed by atoms with Gasteiger partial charge in [0.05, 0.1) is 23.5 Å². The largest absolute Gasteiger partial charge is 0.383 e. The minimum absolute atomic E-state index is 0.551. The van der Waals surface area contributed by atoms with Gasteiger partial charge in [0, 0.05) is 19.9 Å². The molecule has 0 radical (unpaired) electrons. The normalized spacial score (nSPS) is 10.8. The van der Waals surface area contributed by atoms with Gasteiger partial charge >= 0.3 is 0 Å². The van der Waals surface area contributed by atoms with Crippen LogP contribution in [0.2, 0.25) is 0 Å². The Kier molecular flexibility index (Phi) is 3.97. The van der Waals surface area contributed by atoms with Gasteiger partial charge in [-0.05, 0) is 0 Å². The number of rotatable bonds is 6. The molecule has 0 unspecified atom stereocenters. The van der Waals surface area contributed by atoms with E-state index >= 15 is 0 Å². The Morgan fingerprint density at radius 2 is 2.50 bits per heavy atom. The predicted octanol–water partition coefficient (Wildman–Crippen LogP) is 0.929. The molecule has 0 aliphatic rings. The summed E-state index contributed by atoms with van der Waals surface area (Å²) in [4.78, 5) is 9.11. The van der Waals surface area contributed by atoms with Crippen molar-refractivity contribution >= 4 is 11.3 Å². The van der Waals surface area contributed by atoms with Crippen LogP contribution in [0.15, 0.2) is 16.2 Å². The number of methoxy groups -OCH3 is 1. The smallest absolute Gasteiger partial charge is 0.240 e. The molecule has 0 bridgehead atoms. The topological polar surface area (TPSA) is 73.1 Å². The molecule has 0 aromatic carbocycles. The standard InChI is InChI=1S/C9H12N4O2S/c1-14-3-2-10-5-8-12-9(13-15-8)7-4-11-6-16-7/h4,6,10H,2-3,5H2,1H3. The zero-order chi connectivity index (χ0) is 11.2. The van der Waals surface area contributed by atoms with Gasteiger partial charge in [-0.15, -0.1) is 11.3 Å². The van der Waals surface area contributed by atoms with Crippen molar-refractivity contribution in [2.45, 2.75) is 6.54 Å². The molecule has 0 spiro atoms. The lowest BCUT2D eigenvalue weighted by Gasteiger charge is -1.98. The summed E-state index contributed by atoms with van der Waals surface area (Å²) in [6, 6.07) is 0. The van der Waals surface area contributed by atoms with E-state index in [9.17, 15) is 0 Å². The Bertz CT molecular complexity index is 415. The van der Waals surface area contributed by atoms with Crippen molar-refractivity contribution in [2.75, 3.05) is 20.3 Å². The summed E-state index contributed by atoms with van der Waals surface area (Å²) in [5, 5.41) is 7.00. The summed E-state index contributed by atoms with van der Waals surface area (Å²) < 4.78 is 9.99. The van der Waals surface area contributed by atoms with Crippen LogP contribution in [0.1, 0.15) is 5.89 Å². The Hall–Kier alpha value is -1.31. The summed E-state index contributed by atoms with van der Waals surface area (Å²) >= 11 is 1.48. The monoisotopic (exact) mass is 240 g/mol. The summed E-state index contributed by atoms with van der Waals surface area (Å²) in [5.74, 6) is 1.16. The molecule has 0 fully saturated rings. The van der Waals surface area contributed by atoms with E-state index in [0.717, 1.165) is 11.4 Å². The number of nitrogens with zero attached hydrogens (tertiary/aromatic N) is 3. The molecular formula is C9H12N4O2S. The number of hydrogen-bond acceptors (Lipinski definition) is 7. The first-order chi connectivity index (χ1) is 7.90. The quantitative estimate of drug-likeness (QED) is 0.757. The van der Waals surface area contributed by atoms with Gasteiger partial charge in [0.2, 0.25) is 11.7 Å². The minimum atomic E-state index is 0.551. The number of nitrogens with one attached hydrogen (secondary N) is 1. The molecule has 2 aromatic rings. The summed E-state index contributed by atoms with van der Waals surface area (Å²) in [7, 11) is 1.66. The van der Waals surface area contributed by atoms with E-state index < -0.39 is 0 Å². The lowest BCUT2D eigenvalue weighted by atomic mass is 10.5. The molecule has 86 valence electrons. The third-order valence-electron chi connectivity index (χ3n) is 1.88. The number of thiazole rings is 1. The Labute approximate surface area is 96.7 Å². The lowest BCUT2D eigenvalue weighted by Crippen LogP contribution is -2.18. The molecule has 2 rings (SSSR count). The van der Waals surface area contributed by atoms with Gasteiger partial charge < -0.3 is 14.6 Å². The van der Waals surface area contributed by atoms with Gasteiger partial charge in [0.15, 0.2) is 0 Å². The lowest BCUT2D eigenvalue weighted by molar-refractivity contribution is 0.197. The molecule has 0 aliphatic heterocycles. The molecule has 2 heterocycles. The molecule has 1 N–H and O–H groups in total. The first-order valence-electron chi connectivity index (χ1n) is 4.81. The second-order valence-corrected chi connectivity index (χ2v) is 3.93. The molecule has 0 aliphatic carbocycles. The van der Waals surface area contributed by atoms with Crippen LogP contribution in [0.3, 0.4) is 0 Å². The first kappa shape index (κ1) is 11.2. The number of hydrogen-bond donors (Lipinski definition) is 1. The van der Waals surface area contributed by atoms with Gasteiger partial charge in [-0.25, -0.2) is 0 Å². The molecule has 0 atom stereocenters. The molecule has 0 saturated heterocycles. The van der Waals surface area contributed by atoms with Crippen LogP contribution in [0.25, 0.3) is 10.7 Å². The molecule has 2 aromatic heterocycles. The highest BCUT2D eigenvalue weighted by Gasteiger charge is 2.08. The number of aromatic nitrogens is 3. The van der Waals surface area contributed by atoms with Crippen LogP contribution < -0.4 is 5.32 Å². The average Bonchev–Trinajstić information content (AvgIpc) is 2.94. The summed E-state index contributed by atoms with van der Waals surface area (Å²) in [5.41, 5.74) is 1.74. The van der Waals surface area contributed by atoms with Crippen molar-refractivity contribution in [3.05, 3.63) is 17.6 Å². The maximum absolute atomic E-state index is 5.08. The third-order valence-corrected chi connectivity index (χ3v) is 2.65. The van der Waals surface area contributed by atoms with E-state index in [1.807, 2.05) is 0 Å². The van der Waals surface area contributed by atoms with Gasteiger partial charge in [0.25, 0.3) is 0 Å². The van der Waals surface area contributed by atoms with Crippen molar-refractivity contribution in [1.82, 2.24) is 20.4 Å².